The molecule has 0 fully saturated rings. The summed E-state index contributed by atoms with van der Waals surface area (Å²) in [6.07, 6.45) is 0. The maximum atomic E-state index is 15.7. The highest BCUT2D eigenvalue weighted by molar-refractivity contribution is 6.27. The van der Waals surface area contributed by atoms with E-state index in [1.807, 2.05) is 30.3 Å². The molecule has 6 aromatic rings. The van der Waals surface area contributed by atoms with Gasteiger partial charge in [-0.25, -0.2) is 4.39 Å². The van der Waals surface area contributed by atoms with Gasteiger partial charge in [0.25, 0.3) is 0 Å². The summed E-state index contributed by atoms with van der Waals surface area (Å²) in [5.41, 5.74) is 8.95. The van der Waals surface area contributed by atoms with Crippen molar-refractivity contribution >= 4 is 21.5 Å². The number of hydrogen-bond acceptors (Lipinski definition) is 0. The van der Waals surface area contributed by atoms with Gasteiger partial charge < -0.3 is 0 Å². The molecule has 0 saturated heterocycles. The monoisotopic (exact) mass is 422 g/mol. The molecule has 33 heavy (non-hydrogen) atoms. The van der Waals surface area contributed by atoms with Gasteiger partial charge in [0.15, 0.2) is 0 Å². The topological polar surface area (TPSA) is 0 Å². The van der Waals surface area contributed by atoms with Crippen molar-refractivity contribution in [2.24, 2.45) is 0 Å². The molecule has 0 aromatic heterocycles. The van der Waals surface area contributed by atoms with Gasteiger partial charge in [0.1, 0.15) is 5.82 Å². The van der Waals surface area contributed by atoms with Crippen LogP contribution in [-0.4, -0.2) is 0 Å². The fourth-order valence-corrected chi connectivity index (χ4v) is 5.59. The average Bonchev–Trinajstić information content (AvgIpc) is 3.20. The van der Waals surface area contributed by atoms with Crippen LogP contribution in [0.4, 0.5) is 4.39 Å². The molecule has 0 spiro atoms. The third-order valence-electron chi connectivity index (χ3n) is 6.85. The fraction of sp³-hybridized carbons (Fsp3) is 0. The van der Waals surface area contributed by atoms with Gasteiger partial charge in [0.2, 0.25) is 0 Å². The van der Waals surface area contributed by atoms with Crippen molar-refractivity contribution in [1.29, 1.82) is 0 Å². The zero-order valence-corrected chi connectivity index (χ0v) is 17.8. The molecule has 0 bridgehead atoms. The molecule has 0 radical (unpaired) electrons. The predicted molar refractivity (Wildman–Crippen MR) is 137 cm³/mol. The van der Waals surface area contributed by atoms with Gasteiger partial charge in [-0.1, -0.05) is 109 Å². The van der Waals surface area contributed by atoms with Crippen LogP contribution in [0.25, 0.3) is 66.1 Å². The molecule has 0 amide bonds. The van der Waals surface area contributed by atoms with E-state index in [0.29, 0.717) is 5.39 Å². The molecule has 1 aliphatic rings. The quantitative estimate of drug-likeness (QED) is 0.261. The maximum absolute atomic E-state index is 15.7. The molecular weight excluding hydrogens is 403 g/mol. The van der Waals surface area contributed by atoms with Crippen molar-refractivity contribution in [3.8, 4) is 44.5 Å². The standard InChI is InChI=1S/C32H19F/c33-26-19-9-18-25-28(21-10-3-1-4-11-21)31-23-16-7-14-20-15-8-17-24(27(20)23)32(31)29(30(25)26)22-12-5-2-6-13-22/h1-19H. The van der Waals surface area contributed by atoms with Crippen molar-refractivity contribution in [2.45, 2.75) is 0 Å². The highest BCUT2D eigenvalue weighted by atomic mass is 19.1. The first-order valence-corrected chi connectivity index (χ1v) is 11.2. The third-order valence-corrected chi connectivity index (χ3v) is 6.85. The van der Waals surface area contributed by atoms with E-state index in [0.717, 1.165) is 33.2 Å². The zero-order valence-electron chi connectivity index (χ0n) is 17.8. The Morgan fingerprint density at radius 1 is 0.394 bits per heavy atom. The van der Waals surface area contributed by atoms with Gasteiger partial charge in [0.05, 0.1) is 0 Å². The second kappa shape index (κ2) is 6.88. The lowest BCUT2D eigenvalue weighted by Gasteiger charge is -2.20. The molecule has 154 valence electrons. The van der Waals surface area contributed by atoms with Crippen LogP contribution >= 0.6 is 0 Å². The Labute approximate surface area is 191 Å². The lowest BCUT2D eigenvalue weighted by molar-refractivity contribution is 0.640. The van der Waals surface area contributed by atoms with Crippen molar-refractivity contribution < 1.29 is 4.39 Å². The number of rotatable bonds is 2. The molecular formula is C32H19F. The fourth-order valence-electron chi connectivity index (χ4n) is 5.59. The normalized spacial score (nSPS) is 11.8. The Balaban J connectivity index is 1.80. The van der Waals surface area contributed by atoms with Crippen LogP contribution < -0.4 is 0 Å². The van der Waals surface area contributed by atoms with E-state index in [9.17, 15) is 0 Å². The van der Waals surface area contributed by atoms with E-state index in [2.05, 4.69) is 78.9 Å². The van der Waals surface area contributed by atoms with Gasteiger partial charge >= 0.3 is 0 Å². The molecule has 0 nitrogen and oxygen atoms in total. The zero-order chi connectivity index (χ0) is 21.9. The SMILES string of the molecule is Fc1cccc2c(-c3ccccc3)c3c(c(-c4ccccc4)c12)-c1cccc2cccc-3c12. The van der Waals surface area contributed by atoms with Crippen LogP contribution in [0.3, 0.4) is 0 Å². The smallest absolute Gasteiger partial charge is 0.131 e. The van der Waals surface area contributed by atoms with Gasteiger partial charge in [-0.05, 0) is 61.2 Å². The van der Waals surface area contributed by atoms with Crippen LogP contribution in [0.2, 0.25) is 0 Å². The summed E-state index contributed by atoms with van der Waals surface area (Å²) < 4.78 is 15.7. The molecule has 0 N–H and O–H groups in total. The largest absolute Gasteiger partial charge is 0.206 e. The van der Waals surface area contributed by atoms with Crippen molar-refractivity contribution in [3.63, 3.8) is 0 Å². The van der Waals surface area contributed by atoms with Gasteiger partial charge in [-0.2, -0.15) is 0 Å². The Kier molecular flexibility index (Phi) is 3.83. The summed E-state index contributed by atoms with van der Waals surface area (Å²) in [5, 5.41) is 4.10. The van der Waals surface area contributed by atoms with E-state index in [-0.39, 0.29) is 5.82 Å². The second-order valence-electron chi connectivity index (χ2n) is 8.60. The summed E-state index contributed by atoms with van der Waals surface area (Å²) >= 11 is 0. The first kappa shape index (κ1) is 18.4. The Bertz CT molecular complexity index is 1690. The Morgan fingerprint density at radius 2 is 0.939 bits per heavy atom. The summed E-state index contributed by atoms with van der Waals surface area (Å²) in [5.74, 6) is -0.186. The average molecular weight is 423 g/mol. The maximum Gasteiger partial charge on any atom is 0.131 e. The lowest BCUT2D eigenvalue weighted by Crippen LogP contribution is -1.95. The van der Waals surface area contributed by atoms with Gasteiger partial charge in [-0.15, -0.1) is 0 Å². The van der Waals surface area contributed by atoms with Crippen molar-refractivity contribution in [2.75, 3.05) is 0 Å². The van der Waals surface area contributed by atoms with Crippen molar-refractivity contribution in [1.82, 2.24) is 0 Å². The highest BCUT2D eigenvalue weighted by Gasteiger charge is 2.31. The molecule has 1 aliphatic carbocycles. The lowest BCUT2D eigenvalue weighted by atomic mass is 9.82. The minimum atomic E-state index is -0.186. The van der Waals surface area contributed by atoms with Crippen LogP contribution in [0, 0.1) is 5.82 Å². The van der Waals surface area contributed by atoms with Crippen LogP contribution in [-0.2, 0) is 0 Å². The minimum absolute atomic E-state index is 0.186. The summed E-state index contributed by atoms with van der Waals surface area (Å²) in [6, 6.07) is 39.1. The number of fused-ring (bicyclic) bond motifs is 4. The summed E-state index contributed by atoms with van der Waals surface area (Å²) in [6.45, 7) is 0. The molecule has 1 heteroatoms. The van der Waals surface area contributed by atoms with E-state index in [4.69, 9.17) is 0 Å². The van der Waals surface area contributed by atoms with E-state index < -0.39 is 0 Å². The molecule has 7 rings (SSSR count). The van der Waals surface area contributed by atoms with Gasteiger partial charge in [0, 0.05) is 10.9 Å². The molecule has 0 aliphatic heterocycles. The predicted octanol–water partition coefficient (Wildman–Crippen LogP) is 9.11. The Hall–Kier alpha value is -4.23. The molecule has 0 heterocycles. The van der Waals surface area contributed by atoms with Crippen LogP contribution in [0.1, 0.15) is 0 Å². The number of hydrogen-bond donors (Lipinski definition) is 0. The Morgan fingerprint density at radius 3 is 1.58 bits per heavy atom. The van der Waals surface area contributed by atoms with E-state index in [1.165, 1.54) is 27.5 Å². The van der Waals surface area contributed by atoms with Crippen molar-refractivity contribution in [3.05, 3.63) is 121 Å². The third kappa shape index (κ3) is 2.51. The molecule has 0 saturated carbocycles. The molecule has 0 atom stereocenters. The number of halogens is 1. The highest BCUT2D eigenvalue weighted by Crippen LogP contribution is 2.57. The van der Waals surface area contributed by atoms with Gasteiger partial charge in [-0.3, -0.25) is 0 Å². The van der Waals surface area contributed by atoms with E-state index >= 15 is 4.39 Å². The van der Waals surface area contributed by atoms with Crippen LogP contribution in [0.5, 0.6) is 0 Å². The van der Waals surface area contributed by atoms with E-state index in [1.54, 1.807) is 6.07 Å². The first-order chi connectivity index (χ1) is 16.3. The van der Waals surface area contributed by atoms with Crippen LogP contribution in [0.15, 0.2) is 115 Å². The summed E-state index contributed by atoms with van der Waals surface area (Å²) in [7, 11) is 0. The number of benzene rings is 6. The second-order valence-corrected chi connectivity index (χ2v) is 8.60. The molecule has 6 aromatic carbocycles. The first-order valence-electron chi connectivity index (χ1n) is 11.2. The minimum Gasteiger partial charge on any atom is -0.206 e. The summed E-state index contributed by atoms with van der Waals surface area (Å²) in [4.78, 5) is 0. The molecule has 0 unspecified atom stereocenters.